The molecule has 8 heteroatoms. The number of nitrogens with two attached hydrogens (primary N) is 2. The molecule has 0 heterocycles. The van der Waals surface area contributed by atoms with Gasteiger partial charge in [-0.3, -0.25) is 9.59 Å². The first-order valence-electron chi connectivity index (χ1n) is 7.72. The van der Waals surface area contributed by atoms with Crippen LogP contribution >= 0.6 is 0 Å². The fourth-order valence-electron chi connectivity index (χ4n) is 2.24. The van der Waals surface area contributed by atoms with Crippen LogP contribution in [0.15, 0.2) is 42.5 Å². The molecule has 0 aliphatic carbocycles. The molecule has 0 spiro atoms. The molecule has 2 rings (SSSR count). The maximum absolute atomic E-state index is 11.6. The highest BCUT2D eigenvalue weighted by molar-refractivity contribution is 6.05. The zero-order chi connectivity index (χ0) is 18.2. The zero-order valence-electron chi connectivity index (χ0n) is 13.5. The lowest BCUT2D eigenvalue weighted by Gasteiger charge is -2.13. The third kappa shape index (κ3) is 5.10. The summed E-state index contributed by atoms with van der Waals surface area (Å²) in [6.07, 6.45) is 0.536. The summed E-state index contributed by atoms with van der Waals surface area (Å²) in [5.41, 5.74) is 9.94. The molecule has 0 saturated carbocycles. The molecule has 0 radical (unpaired) electrons. The van der Waals surface area contributed by atoms with Gasteiger partial charge in [-0.2, -0.15) is 0 Å². The second-order valence-electron chi connectivity index (χ2n) is 5.32. The highest BCUT2D eigenvalue weighted by atomic mass is 16.5. The third-order valence-corrected chi connectivity index (χ3v) is 3.46. The van der Waals surface area contributed by atoms with Crippen molar-refractivity contribution in [3.63, 3.8) is 0 Å². The van der Waals surface area contributed by atoms with Crippen LogP contribution in [0, 0.1) is 0 Å². The minimum Gasteiger partial charge on any atom is -0.493 e. The molecular formula is C17H20N4O4. The van der Waals surface area contributed by atoms with E-state index in [-0.39, 0.29) is 0 Å². The Morgan fingerprint density at radius 2 is 1.68 bits per heavy atom. The van der Waals surface area contributed by atoms with Crippen LogP contribution in [0.25, 0.3) is 10.8 Å². The van der Waals surface area contributed by atoms with Crippen molar-refractivity contribution in [1.82, 2.24) is 10.6 Å². The first kappa shape index (κ1) is 18.1. The van der Waals surface area contributed by atoms with E-state index in [2.05, 4.69) is 10.6 Å². The van der Waals surface area contributed by atoms with Crippen molar-refractivity contribution in [2.24, 2.45) is 11.5 Å². The van der Waals surface area contributed by atoms with E-state index in [1.165, 1.54) is 0 Å². The molecule has 0 unspecified atom stereocenters. The molecule has 25 heavy (non-hydrogen) atoms. The van der Waals surface area contributed by atoms with Crippen molar-refractivity contribution in [1.29, 1.82) is 0 Å². The van der Waals surface area contributed by atoms with Crippen LogP contribution < -0.4 is 26.8 Å². The quantitative estimate of drug-likeness (QED) is 0.403. The maximum Gasteiger partial charge on any atom is 0.315 e. The van der Waals surface area contributed by atoms with Gasteiger partial charge in [0.2, 0.25) is 11.8 Å². The van der Waals surface area contributed by atoms with E-state index in [4.69, 9.17) is 16.2 Å². The summed E-state index contributed by atoms with van der Waals surface area (Å²) in [6, 6.07) is 11.4. The van der Waals surface area contributed by atoms with Crippen LogP contribution in [0.2, 0.25) is 0 Å². The van der Waals surface area contributed by atoms with Crippen molar-refractivity contribution in [3.05, 3.63) is 42.5 Å². The molecule has 0 bridgehead atoms. The zero-order valence-corrected chi connectivity index (χ0v) is 13.5. The van der Waals surface area contributed by atoms with E-state index >= 15 is 0 Å². The van der Waals surface area contributed by atoms with Gasteiger partial charge in [-0.1, -0.05) is 36.4 Å². The van der Waals surface area contributed by atoms with Gasteiger partial charge < -0.3 is 26.8 Å². The first-order chi connectivity index (χ1) is 12.0. The number of fused-ring (bicyclic) bond motifs is 1. The van der Waals surface area contributed by atoms with Gasteiger partial charge in [-0.15, -0.1) is 0 Å². The number of benzene rings is 2. The molecule has 8 nitrogen and oxygen atoms in total. The number of primary amides is 2. The molecule has 0 fully saturated rings. The minimum atomic E-state index is -1.54. The summed E-state index contributed by atoms with van der Waals surface area (Å²) in [7, 11) is 0. The summed E-state index contributed by atoms with van der Waals surface area (Å²) in [5.74, 6) is -1.26. The average Bonchev–Trinajstić information content (AvgIpc) is 2.59. The Hall–Kier alpha value is -3.29. The fourth-order valence-corrected chi connectivity index (χ4v) is 2.24. The van der Waals surface area contributed by atoms with Crippen molar-refractivity contribution in [3.8, 4) is 5.75 Å². The van der Waals surface area contributed by atoms with Gasteiger partial charge >= 0.3 is 6.03 Å². The molecule has 4 amide bonds. The van der Waals surface area contributed by atoms with E-state index in [0.717, 1.165) is 16.5 Å². The number of hydrogen-bond donors (Lipinski definition) is 4. The predicted octanol–water partition coefficient (Wildman–Crippen LogP) is 0.247. The molecular weight excluding hydrogens is 324 g/mol. The lowest BCUT2D eigenvalue weighted by atomic mass is 10.1. The van der Waals surface area contributed by atoms with Gasteiger partial charge in [0.15, 0.2) is 6.04 Å². The Bertz CT molecular complexity index is 759. The molecule has 2 aromatic rings. The van der Waals surface area contributed by atoms with E-state index in [9.17, 15) is 14.4 Å². The number of ether oxygens (including phenoxy) is 1. The molecule has 0 atom stereocenters. The number of amides is 4. The Morgan fingerprint density at radius 3 is 2.40 bits per heavy atom. The van der Waals surface area contributed by atoms with Gasteiger partial charge in [0.25, 0.3) is 0 Å². The Kier molecular flexibility index (Phi) is 6.16. The van der Waals surface area contributed by atoms with Crippen LogP contribution in [-0.2, 0) is 9.59 Å². The maximum atomic E-state index is 11.6. The SMILES string of the molecule is NC(=O)C(NC(=O)NCCCOc1cccc2ccccc12)C(N)=O. The molecule has 0 aliphatic heterocycles. The minimum absolute atomic E-state index is 0.293. The average molecular weight is 344 g/mol. The lowest BCUT2D eigenvalue weighted by molar-refractivity contribution is -0.128. The molecule has 132 valence electrons. The fraction of sp³-hybridized carbons (Fsp3) is 0.235. The molecule has 0 aliphatic rings. The van der Waals surface area contributed by atoms with E-state index in [0.29, 0.717) is 19.6 Å². The van der Waals surface area contributed by atoms with Crippen molar-refractivity contribution in [2.75, 3.05) is 13.2 Å². The van der Waals surface area contributed by atoms with Crippen LogP contribution in [0.3, 0.4) is 0 Å². The van der Waals surface area contributed by atoms with Crippen LogP contribution in [0.4, 0.5) is 4.79 Å². The molecule has 0 saturated heterocycles. The number of carbonyl (C=O) groups is 3. The number of carbonyl (C=O) groups excluding carboxylic acids is 3. The highest BCUT2D eigenvalue weighted by Gasteiger charge is 2.23. The van der Waals surface area contributed by atoms with E-state index in [1.807, 2.05) is 42.5 Å². The Balaban J connectivity index is 1.75. The van der Waals surface area contributed by atoms with E-state index < -0.39 is 23.9 Å². The van der Waals surface area contributed by atoms with Crippen LogP contribution in [0.5, 0.6) is 5.75 Å². The van der Waals surface area contributed by atoms with Gasteiger partial charge in [0, 0.05) is 11.9 Å². The topological polar surface area (TPSA) is 137 Å². The van der Waals surface area contributed by atoms with Crippen molar-refractivity contribution >= 4 is 28.6 Å². The number of nitrogens with one attached hydrogen (secondary N) is 2. The summed E-state index contributed by atoms with van der Waals surface area (Å²) in [4.78, 5) is 33.5. The van der Waals surface area contributed by atoms with Crippen LogP contribution in [-0.4, -0.2) is 37.0 Å². The molecule has 2 aromatic carbocycles. The highest BCUT2D eigenvalue weighted by Crippen LogP contribution is 2.25. The summed E-state index contributed by atoms with van der Waals surface area (Å²) >= 11 is 0. The van der Waals surface area contributed by atoms with E-state index in [1.54, 1.807) is 0 Å². The number of rotatable bonds is 8. The van der Waals surface area contributed by atoms with Gasteiger partial charge in [-0.25, -0.2) is 4.79 Å². The Labute approximate surface area is 144 Å². The number of urea groups is 1. The standard InChI is InChI=1S/C17H20N4O4/c18-15(22)14(16(19)23)21-17(24)20-9-4-10-25-13-8-3-6-11-5-1-2-7-12(11)13/h1-3,5-8,14H,4,9-10H2,(H2,18,22)(H2,19,23)(H2,20,21,24). The first-order valence-corrected chi connectivity index (χ1v) is 7.72. The second kappa shape index (κ2) is 8.53. The van der Waals surface area contributed by atoms with Crippen molar-refractivity contribution < 1.29 is 19.1 Å². The largest absolute Gasteiger partial charge is 0.493 e. The number of hydrogen-bond acceptors (Lipinski definition) is 4. The normalized spacial score (nSPS) is 10.4. The van der Waals surface area contributed by atoms with Gasteiger partial charge in [-0.05, 0) is 17.9 Å². The van der Waals surface area contributed by atoms with Gasteiger partial charge in [0.05, 0.1) is 6.61 Å². The predicted molar refractivity (Wildman–Crippen MR) is 92.8 cm³/mol. The monoisotopic (exact) mass is 344 g/mol. The Morgan fingerprint density at radius 1 is 1.00 bits per heavy atom. The van der Waals surface area contributed by atoms with Crippen LogP contribution in [0.1, 0.15) is 6.42 Å². The second-order valence-corrected chi connectivity index (χ2v) is 5.32. The lowest BCUT2D eigenvalue weighted by Crippen LogP contribution is -2.55. The smallest absolute Gasteiger partial charge is 0.315 e. The summed E-state index contributed by atoms with van der Waals surface area (Å²) in [6.45, 7) is 0.685. The van der Waals surface area contributed by atoms with Gasteiger partial charge in [0.1, 0.15) is 5.75 Å². The summed E-state index contributed by atoms with van der Waals surface area (Å²) in [5, 5.41) is 6.71. The molecule has 6 N–H and O–H groups in total. The molecule has 0 aromatic heterocycles. The third-order valence-electron chi connectivity index (χ3n) is 3.46. The summed E-state index contributed by atoms with van der Waals surface area (Å²) < 4.78 is 5.74. The van der Waals surface area contributed by atoms with Crippen molar-refractivity contribution in [2.45, 2.75) is 12.5 Å².